The molecule has 102 valence electrons. The molecule has 0 bridgehead atoms. The molecule has 5 heteroatoms. The number of ether oxygens (including phenoxy) is 1. The molecule has 0 radical (unpaired) electrons. The zero-order valence-electron chi connectivity index (χ0n) is 10.8. The van der Waals surface area contributed by atoms with E-state index in [9.17, 15) is 14.7 Å². The van der Waals surface area contributed by atoms with Crippen molar-refractivity contribution in [1.82, 2.24) is 4.90 Å². The number of rotatable bonds is 5. The number of hydrogen-bond acceptors (Lipinski definition) is 4. The van der Waals surface area contributed by atoms with Crippen molar-refractivity contribution in [3.05, 3.63) is 29.8 Å². The maximum Gasteiger partial charge on any atom is 0.325 e. The van der Waals surface area contributed by atoms with Crippen molar-refractivity contribution in [1.29, 1.82) is 0 Å². The average Bonchev–Trinajstić information content (AvgIpc) is 3.21. The fourth-order valence-electron chi connectivity index (χ4n) is 1.87. The SMILES string of the molecule is CCOC(=O)CN(C(=O)c1ccc(O)cc1)C1CC1. The van der Waals surface area contributed by atoms with Gasteiger partial charge in [0.15, 0.2) is 0 Å². The van der Waals surface area contributed by atoms with Crippen molar-refractivity contribution in [2.45, 2.75) is 25.8 Å². The standard InChI is InChI=1S/C14H17NO4/c1-2-19-13(17)9-15(11-5-6-11)14(18)10-3-7-12(16)8-4-10/h3-4,7-8,11,16H,2,5-6,9H2,1H3. The van der Waals surface area contributed by atoms with Crippen LogP contribution in [-0.2, 0) is 9.53 Å². The van der Waals surface area contributed by atoms with Crippen molar-refractivity contribution in [3.8, 4) is 5.75 Å². The zero-order valence-corrected chi connectivity index (χ0v) is 10.8. The Morgan fingerprint density at radius 3 is 2.47 bits per heavy atom. The summed E-state index contributed by atoms with van der Waals surface area (Å²) < 4.78 is 4.88. The fourth-order valence-corrected chi connectivity index (χ4v) is 1.87. The lowest BCUT2D eigenvalue weighted by Crippen LogP contribution is -2.38. The van der Waals surface area contributed by atoms with Gasteiger partial charge in [0.2, 0.25) is 0 Å². The molecule has 1 aliphatic carbocycles. The van der Waals surface area contributed by atoms with Crippen LogP contribution >= 0.6 is 0 Å². The van der Waals surface area contributed by atoms with Crippen LogP contribution in [0.2, 0.25) is 0 Å². The Morgan fingerprint density at radius 1 is 1.32 bits per heavy atom. The van der Waals surface area contributed by atoms with E-state index in [0.29, 0.717) is 12.2 Å². The molecule has 1 amide bonds. The second kappa shape index (κ2) is 5.73. The van der Waals surface area contributed by atoms with E-state index in [1.807, 2.05) is 0 Å². The minimum Gasteiger partial charge on any atom is -0.508 e. The number of nitrogens with zero attached hydrogens (tertiary/aromatic N) is 1. The fraction of sp³-hybridized carbons (Fsp3) is 0.429. The summed E-state index contributed by atoms with van der Waals surface area (Å²) in [5.41, 5.74) is 0.467. The molecule has 0 heterocycles. The second-order valence-electron chi connectivity index (χ2n) is 4.52. The molecule has 0 unspecified atom stereocenters. The summed E-state index contributed by atoms with van der Waals surface area (Å²) in [4.78, 5) is 25.4. The summed E-state index contributed by atoms with van der Waals surface area (Å²) in [6, 6.07) is 6.16. The van der Waals surface area contributed by atoms with Gasteiger partial charge in [-0.15, -0.1) is 0 Å². The Balaban J connectivity index is 2.08. The number of amides is 1. The first kappa shape index (κ1) is 13.4. The first-order chi connectivity index (χ1) is 9.11. The third kappa shape index (κ3) is 3.47. The van der Waals surface area contributed by atoms with Gasteiger partial charge in [0.05, 0.1) is 6.61 Å². The Kier molecular flexibility index (Phi) is 4.04. The van der Waals surface area contributed by atoms with Gasteiger partial charge in [-0.2, -0.15) is 0 Å². The topological polar surface area (TPSA) is 66.8 Å². The van der Waals surface area contributed by atoms with Crippen LogP contribution in [0.15, 0.2) is 24.3 Å². The molecule has 0 atom stereocenters. The van der Waals surface area contributed by atoms with E-state index < -0.39 is 0 Å². The number of aromatic hydroxyl groups is 1. The molecule has 0 spiro atoms. The summed E-state index contributed by atoms with van der Waals surface area (Å²) in [5, 5.41) is 9.21. The van der Waals surface area contributed by atoms with E-state index in [0.717, 1.165) is 12.8 Å². The monoisotopic (exact) mass is 263 g/mol. The largest absolute Gasteiger partial charge is 0.508 e. The van der Waals surface area contributed by atoms with E-state index >= 15 is 0 Å². The molecule has 0 aromatic heterocycles. The summed E-state index contributed by atoms with van der Waals surface area (Å²) in [7, 11) is 0. The van der Waals surface area contributed by atoms with E-state index in [1.165, 1.54) is 12.1 Å². The van der Waals surface area contributed by atoms with Crippen LogP contribution in [0.1, 0.15) is 30.1 Å². The molecule has 0 saturated heterocycles. The minimum absolute atomic E-state index is 0.0157. The summed E-state index contributed by atoms with van der Waals surface area (Å²) in [6.07, 6.45) is 1.84. The highest BCUT2D eigenvalue weighted by molar-refractivity contribution is 5.96. The Morgan fingerprint density at radius 2 is 1.95 bits per heavy atom. The van der Waals surface area contributed by atoms with Gasteiger partial charge in [-0.05, 0) is 44.0 Å². The maximum absolute atomic E-state index is 12.3. The zero-order chi connectivity index (χ0) is 13.8. The van der Waals surface area contributed by atoms with Gasteiger partial charge in [-0.3, -0.25) is 9.59 Å². The van der Waals surface area contributed by atoms with Crippen LogP contribution in [0.3, 0.4) is 0 Å². The van der Waals surface area contributed by atoms with Crippen LogP contribution in [0, 0.1) is 0 Å². The molecular formula is C14H17NO4. The maximum atomic E-state index is 12.3. The number of hydrogen-bond donors (Lipinski definition) is 1. The summed E-state index contributed by atoms with van der Waals surface area (Å²) >= 11 is 0. The Labute approximate surface area is 111 Å². The first-order valence-electron chi connectivity index (χ1n) is 6.37. The van der Waals surface area contributed by atoms with E-state index in [4.69, 9.17) is 4.74 Å². The highest BCUT2D eigenvalue weighted by Gasteiger charge is 2.34. The highest BCUT2D eigenvalue weighted by Crippen LogP contribution is 2.28. The van der Waals surface area contributed by atoms with Crippen LogP contribution in [-0.4, -0.2) is 41.1 Å². The second-order valence-corrected chi connectivity index (χ2v) is 4.52. The van der Waals surface area contributed by atoms with Gasteiger partial charge >= 0.3 is 5.97 Å². The van der Waals surface area contributed by atoms with Crippen molar-refractivity contribution >= 4 is 11.9 Å². The number of phenols is 1. The van der Waals surface area contributed by atoms with Crippen molar-refractivity contribution in [3.63, 3.8) is 0 Å². The predicted molar refractivity (Wildman–Crippen MR) is 68.8 cm³/mol. The molecule has 1 saturated carbocycles. The van der Waals surface area contributed by atoms with Crippen LogP contribution in [0.5, 0.6) is 5.75 Å². The van der Waals surface area contributed by atoms with Crippen LogP contribution in [0.25, 0.3) is 0 Å². The molecule has 1 aliphatic rings. The summed E-state index contributed by atoms with van der Waals surface area (Å²) in [5.74, 6) is -0.475. The van der Waals surface area contributed by atoms with Crippen LogP contribution < -0.4 is 0 Å². The van der Waals surface area contributed by atoms with Gasteiger partial charge < -0.3 is 14.7 Å². The Bertz CT molecular complexity index is 465. The molecule has 19 heavy (non-hydrogen) atoms. The molecule has 1 aromatic rings. The van der Waals surface area contributed by atoms with E-state index in [1.54, 1.807) is 24.0 Å². The van der Waals surface area contributed by atoms with E-state index in [-0.39, 0.29) is 30.2 Å². The van der Waals surface area contributed by atoms with Gasteiger partial charge in [-0.25, -0.2) is 0 Å². The molecule has 1 N–H and O–H groups in total. The minimum atomic E-state index is -0.387. The first-order valence-corrected chi connectivity index (χ1v) is 6.37. The molecule has 1 aromatic carbocycles. The predicted octanol–water partition coefficient (Wildman–Crippen LogP) is 1.56. The van der Waals surface area contributed by atoms with Crippen LogP contribution in [0.4, 0.5) is 0 Å². The number of phenolic OH excluding ortho intramolecular Hbond substituents is 1. The van der Waals surface area contributed by atoms with Gasteiger partial charge in [0, 0.05) is 11.6 Å². The molecular weight excluding hydrogens is 246 g/mol. The lowest BCUT2D eigenvalue weighted by molar-refractivity contribution is -0.144. The number of carbonyl (C=O) groups is 2. The van der Waals surface area contributed by atoms with Gasteiger partial charge in [0.25, 0.3) is 5.91 Å². The third-order valence-corrected chi connectivity index (χ3v) is 2.97. The molecule has 5 nitrogen and oxygen atoms in total. The molecule has 1 fully saturated rings. The number of esters is 1. The van der Waals surface area contributed by atoms with E-state index in [2.05, 4.69) is 0 Å². The van der Waals surface area contributed by atoms with Crippen molar-refractivity contribution < 1.29 is 19.4 Å². The van der Waals surface area contributed by atoms with Crippen molar-refractivity contribution in [2.24, 2.45) is 0 Å². The average molecular weight is 263 g/mol. The quantitative estimate of drug-likeness (QED) is 0.819. The lowest BCUT2D eigenvalue weighted by atomic mass is 10.2. The van der Waals surface area contributed by atoms with Crippen molar-refractivity contribution in [2.75, 3.05) is 13.2 Å². The normalized spacial score (nSPS) is 13.9. The van der Waals surface area contributed by atoms with Gasteiger partial charge in [-0.1, -0.05) is 0 Å². The lowest BCUT2D eigenvalue weighted by Gasteiger charge is -2.21. The highest BCUT2D eigenvalue weighted by atomic mass is 16.5. The number of benzene rings is 1. The Hall–Kier alpha value is -2.04. The number of carbonyl (C=O) groups excluding carboxylic acids is 2. The smallest absolute Gasteiger partial charge is 0.325 e. The molecule has 0 aliphatic heterocycles. The summed E-state index contributed by atoms with van der Waals surface area (Å²) in [6.45, 7) is 2.03. The third-order valence-electron chi connectivity index (χ3n) is 2.97. The van der Waals surface area contributed by atoms with Gasteiger partial charge in [0.1, 0.15) is 12.3 Å². The molecule has 2 rings (SSSR count).